The van der Waals surface area contributed by atoms with E-state index in [0.717, 1.165) is 5.56 Å². The Morgan fingerprint density at radius 1 is 1.41 bits per heavy atom. The molecule has 0 N–H and O–H groups in total. The number of benzene rings is 1. The summed E-state index contributed by atoms with van der Waals surface area (Å²) in [5, 5.41) is 0. The summed E-state index contributed by atoms with van der Waals surface area (Å²) in [6, 6.07) is 3.51. The highest BCUT2D eigenvalue weighted by molar-refractivity contribution is 5.78. The second-order valence-corrected chi connectivity index (χ2v) is 3.81. The molecule has 3 nitrogen and oxygen atoms in total. The molecule has 1 atom stereocenters. The molecule has 17 heavy (non-hydrogen) atoms. The fraction of sp³-hybridized carbons (Fsp3) is 0.462. The van der Waals surface area contributed by atoms with Crippen molar-refractivity contribution in [2.75, 3.05) is 13.7 Å². The predicted molar refractivity (Wildman–Crippen MR) is 63.0 cm³/mol. The molecule has 0 spiro atoms. The van der Waals surface area contributed by atoms with Crippen LogP contribution in [0.2, 0.25) is 0 Å². The van der Waals surface area contributed by atoms with Gasteiger partial charge in [-0.05, 0) is 38.0 Å². The highest BCUT2D eigenvalue weighted by Gasteiger charge is 2.26. The molecular formula is C13H17FO3. The number of esters is 1. The minimum absolute atomic E-state index is 0.159. The van der Waals surface area contributed by atoms with Crippen LogP contribution < -0.4 is 4.74 Å². The molecule has 0 heterocycles. The molecule has 0 aliphatic heterocycles. The van der Waals surface area contributed by atoms with Gasteiger partial charge >= 0.3 is 5.97 Å². The van der Waals surface area contributed by atoms with Gasteiger partial charge in [-0.2, -0.15) is 0 Å². The van der Waals surface area contributed by atoms with Crippen molar-refractivity contribution in [1.29, 1.82) is 0 Å². The third kappa shape index (κ3) is 2.96. The van der Waals surface area contributed by atoms with Crippen LogP contribution in [-0.2, 0) is 9.53 Å². The summed E-state index contributed by atoms with van der Waals surface area (Å²) in [5.74, 6) is -0.499. The van der Waals surface area contributed by atoms with Crippen LogP contribution in [0.3, 0.4) is 0 Å². The number of ether oxygens (including phenoxy) is 2. The first kappa shape index (κ1) is 13.5. The van der Waals surface area contributed by atoms with Crippen LogP contribution >= 0.6 is 0 Å². The monoisotopic (exact) mass is 240 g/mol. The zero-order chi connectivity index (χ0) is 13.0. The number of hydrogen-bond donors (Lipinski definition) is 0. The van der Waals surface area contributed by atoms with Gasteiger partial charge in [-0.15, -0.1) is 0 Å². The number of carbonyl (C=O) groups excluding carboxylic acids is 1. The highest BCUT2D eigenvalue weighted by Crippen LogP contribution is 2.32. The van der Waals surface area contributed by atoms with E-state index >= 15 is 0 Å². The van der Waals surface area contributed by atoms with E-state index < -0.39 is 12.1 Å². The van der Waals surface area contributed by atoms with Crippen LogP contribution in [0, 0.1) is 13.8 Å². The maximum absolute atomic E-state index is 14.0. The number of halogens is 1. The van der Waals surface area contributed by atoms with Crippen LogP contribution in [0.25, 0.3) is 0 Å². The summed E-state index contributed by atoms with van der Waals surface area (Å²) in [4.78, 5) is 11.4. The van der Waals surface area contributed by atoms with E-state index in [1.165, 1.54) is 7.11 Å². The number of carbonyl (C=O) groups is 1. The van der Waals surface area contributed by atoms with E-state index in [9.17, 15) is 9.18 Å². The van der Waals surface area contributed by atoms with Gasteiger partial charge in [0.15, 0.2) is 0 Å². The van der Waals surface area contributed by atoms with Crippen molar-refractivity contribution < 1.29 is 18.7 Å². The van der Waals surface area contributed by atoms with Gasteiger partial charge in [0, 0.05) is 5.56 Å². The molecule has 0 saturated heterocycles. The Hall–Kier alpha value is -1.58. The first-order chi connectivity index (χ1) is 8.01. The molecule has 0 aromatic heterocycles. The van der Waals surface area contributed by atoms with Crippen molar-refractivity contribution in [3.8, 4) is 5.75 Å². The summed E-state index contributed by atoms with van der Waals surface area (Å²) in [6.07, 6.45) is -1.80. The van der Waals surface area contributed by atoms with Crippen LogP contribution in [0.15, 0.2) is 12.1 Å². The third-order valence-corrected chi connectivity index (χ3v) is 2.46. The van der Waals surface area contributed by atoms with Crippen LogP contribution in [0.4, 0.5) is 4.39 Å². The SMILES string of the molecule is CCOC(=O)C(F)c1c(C)cc(C)cc1OC. The van der Waals surface area contributed by atoms with Gasteiger partial charge in [0.1, 0.15) is 5.75 Å². The molecule has 0 radical (unpaired) electrons. The smallest absolute Gasteiger partial charge is 0.345 e. The zero-order valence-corrected chi connectivity index (χ0v) is 10.5. The maximum atomic E-state index is 14.0. The van der Waals surface area contributed by atoms with E-state index in [-0.39, 0.29) is 12.2 Å². The lowest BCUT2D eigenvalue weighted by Gasteiger charge is -2.15. The Morgan fingerprint density at radius 3 is 2.59 bits per heavy atom. The van der Waals surface area contributed by atoms with Gasteiger partial charge in [-0.3, -0.25) is 0 Å². The Morgan fingerprint density at radius 2 is 2.06 bits per heavy atom. The third-order valence-electron chi connectivity index (χ3n) is 2.46. The molecule has 0 fully saturated rings. The molecule has 4 heteroatoms. The molecule has 94 valence electrons. The van der Waals surface area contributed by atoms with Gasteiger partial charge in [0.25, 0.3) is 0 Å². The Bertz CT molecular complexity index is 415. The van der Waals surface area contributed by atoms with Crippen molar-refractivity contribution in [3.63, 3.8) is 0 Å². The molecular weight excluding hydrogens is 223 g/mol. The molecule has 0 bridgehead atoms. The standard InChI is InChI=1S/C13H17FO3/c1-5-17-13(15)12(14)11-9(3)6-8(2)7-10(11)16-4/h6-7,12H,5H2,1-4H3. The van der Waals surface area contributed by atoms with E-state index in [1.807, 2.05) is 13.0 Å². The fourth-order valence-electron chi connectivity index (χ4n) is 1.77. The van der Waals surface area contributed by atoms with Crippen molar-refractivity contribution in [3.05, 3.63) is 28.8 Å². The zero-order valence-electron chi connectivity index (χ0n) is 10.5. The molecule has 0 aliphatic carbocycles. The van der Waals surface area contributed by atoms with E-state index in [0.29, 0.717) is 11.3 Å². The normalized spacial score (nSPS) is 12.1. The maximum Gasteiger partial charge on any atom is 0.345 e. The van der Waals surface area contributed by atoms with Gasteiger partial charge in [-0.25, -0.2) is 9.18 Å². The van der Waals surface area contributed by atoms with E-state index in [4.69, 9.17) is 4.74 Å². The van der Waals surface area contributed by atoms with E-state index in [1.54, 1.807) is 19.9 Å². The summed E-state index contributed by atoms with van der Waals surface area (Å²) in [6.45, 7) is 5.43. The number of alkyl halides is 1. The largest absolute Gasteiger partial charge is 0.496 e. The topological polar surface area (TPSA) is 35.5 Å². The molecule has 0 aliphatic rings. The minimum atomic E-state index is -1.80. The number of methoxy groups -OCH3 is 1. The van der Waals surface area contributed by atoms with Gasteiger partial charge < -0.3 is 9.47 Å². The molecule has 1 aromatic rings. The van der Waals surface area contributed by atoms with Crippen LogP contribution in [-0.4, -0.2) is 19.7 Å². The lowest BCUT2D eigenvalue weighted by atomic mass is 10.0. The quantitative estimate of drug-likeness (QED) is 0.759. The summed E-state index contributed by atoms with van der Waals surface area (Å²) < 4.78 is 23.8. The average Bonchev–Trinajstić information content (AvgIpc) is 2.27. The number of hydrogen-bond acceptors (Lipinski definition) is 3. The Balaban J connectivity index is 3.16. The predicted octanol–water partition coefficient (Wildman–Crippen LogP) is 2.89. The Labute approximate surface area is 101 Å². The van der Waals surface area contributed by atoms with Gasteiger partial charge in [0.05, 0.1) is 13.7 Å². The lowest BCUT2D eigenvalue weighted by Crippen LogP contribution is -2.14. The van der Waals surface area contributed by atoms with Gasteiger partial charge in [0.2, 0.25) is 6.17 Å². The molecule has 1 aromatic carbocycles. The first-order valence-electron chi connectivity index (χ1n) is 5.47. The second kappa shape index (κ2) is 5.66. The van der Waals surface area contributed by atoms with Crippen LogP contribution in [0.5, 0.6) is 5.75 Å². The van der Waals surface area contributed by atoms with Crippen molar-refractivity contribution >= 4 is 5.97 Å². The summed E-state index contributed by atoms with van der Waals surface area (Å²) >= 11 is 0. The summed E-state index contributed by atoms with van der Waals surface area (Å²) in [5.41, 5.74) is 1.89. The van der Waals surface area contributed by atoms with Crippen molar-refractivity contribution in [1.82, 2.24) is 0 Å². The fourth-order valence-corrected chi connectivity index (χ4v) is 1.77. The molecule has 0 saturated carbocycles. The van der Waals surface area contributed by atoms with Crippen molar-refractivity contribution in [2.45, 2.75) is 26.9 Å². The number of rotatable bonds is 4. The molecule has 1 rings (SSSR count). The van der Waals surface area contributed by atoms with E-state index in [2.05, 4.69) is 4.74 Å². The van der Waals surface area contributed by atoms with Crippen LogP contribution in [0.1, 0.15) is 29.8 Å². The highest BCUT2D eigenvalue weighted by atomic mass is 19.1. The second-order valence-electron chi connectivity index (χ2n) is 3.81. The minimum Gasteiger partial charge on any atom is -0.496 e. The van der Waals surface area contributed by atoms with Gasteiger partial charge in [-0.1, -0.05) is 6.07 Å². The average molecular weight is 240 g/mol. The Kier molecular flexibility index (Phi) is 4.49. The summed E-state index contributed by atoms with van der Waals surface area (Å²) in [7, 11) is 1.45. The molecule has 0 amide bonds. The first-order valence-corrected chi connectivity index (χ1v) is 5.47. The number of aryl methyl sites for hydroxylation is 2. The van der Waals surface area contributed by atoms with Crippen molar-refractivity contribution in [2.24, 2.45) is 0 Å². The molecule has 1 unspecified atom stereocenters. The lowest BCUT2D eigenvalue weighted by molar-refractivity contribution is -0.149.